The molecule has 280 valence electrons. The zero-order valence-corrected chi connectivity index (χ0v) is 32.0. The molecule has 0 saturated heterocycles. The third-order valence-electron chi connectivity index (χ3n) is 11.0. The summed E-state index contributed by atoms with van der Waals surface area (Å²) in [6.45, 7) is 0. The van der Waals surface area contributed by atoms with Crippen molar-refractivity contribution in [1.29, 1.82) is 0 Å². The predicted molar refractivity (Wildman–Crippen MR) is 241 cm³/mol. The maximum atomic E-state index is 6.59. The molecule has 0 saturated carbocycles. The van der Waals surface area contributed by atoms with Gasteiger partial charge in [0.25, 0.3) is 0 Å². The highest BCUT2D eigenvalue weighted by molar-refractivity contribution is 6.12. The number of nitrogens with one attached hydrogen (secondary N) is 1. The molecule has 1 atom stereocenters. The fourth-order valence-electron chi connectivity index (χ4n) is 8.18. The first kappa shape index (κ1) is 34.3. The molecule has 1 aliphatic heterocycles. The van der Waals surface area contributed by atoms with Crippen LogP contribution in [0.5, 0.6) is 5.75 Å². The van der Waals surface area contributed by atoms with E-state index in [9.17, 15) is 0 Å². The fourth-order valence-corrected chi connectivity index (χ4v) is 8.18. The Bertz CT molecular complexity index is 2980. The molecule has 0 fully saturated rings. The normalized spacial score (nSPS) is 13.2. The van der Waals surface area contributed by atoms with Crippen LogP contribution in [0.2, 0.25) is 0 Å². The lowest BCUT2D eigenvalue weighted by Crippen LogP contribution is -2.09. The lowest BCUT2D eigenvalue weighted by molar-refractivity contribution is 0.260. The van der Waals surface area contributed by atoms with Crippen molar-refractivity contribution in [2.45, 2.75) is 6.23 Å². The molecule has 6 heteroatoms. The van der Waals surface area contributed by atoms with Gasteiger partial charge >= 0.3 is 0 Å². The topological polar surface area (TPSA) is 55.2 Å². The minimum absolute atomic E-state index is 0.292. The van der Waals surface area contributed by atoms with Crippen LogP contribution in [0.25, 0.3) is 61.4 Å². The van der Waals surface area contributed by atoms with E-state index in [1.807, 2.05) is 54.6 Å². The number of hydrogen-bond acceptors (Lipinski definition) is 5. The average Bonchev–Trinajstić information content (AvgIpc) is 3.88. The zero-order valence-electron chi connectivity index (χ0n) is 32.0. The molecule has 0 radical (unpaired) electrons. The molecule has 1 unspecified atom stereocenters. The van der Waals surface area contributed by atoms with Gasteiger partial charge in [0.15, 0.2) is 6.23 Å². The van der Waals surface area contributed by atoms with Crippen molar-refractivity contribution in [3.63, 3.8) is 0 Å². The number of nitrogens with zero attached hydrogens (tertiary/aromatic N) is 4. The van der Waals surface area contributed by atoms with Gasteiger partial charge < -0.3 is 15.0 Å². The Morgan fingerprint density at radius 3 is 1.54 bits per heavy atom. The number of benzene rings is 8. The van der Waals surface area contributed by atoms with Crippen LogP contribution < -0.4 is 15.0 Å². The van der Waals surface area contributed by atoms with Gasteiger partial charge in [0.05, 0.1) is 28.1 Å². The highest BCUT2D eigenvalue weighted by atomic mass is 16.5. The van der Waals surface area contributed by atoms with E-state index < -0.39 is 0 Å². The lowest BCUT2D eigenvalue weighted by atomic mass is 10.0. The molecule has 0 spiro atoms. The molecule has 0 amide bonds. The van der Waals surface area contributed by atoms with E-state index in [4.69, 9.17) is 14.7 Å². The maximum Gasteiger partial charge on any atom is 0.235 e. The van der Waals surface area contributed by atoms with Gasteiger partial charge in [-0.2, -0.15) is 0 Å². The molecule has 0 bridgehead atoms. The van der Waals surface area contributed by atoms with Crippen molar-refractivity contribution in [2.24, 2.45) is 0 Å². The summed E-state index contributed by atoms with van der Waals surface area (Å²) in [5.74, 6) is 1.41. The van der Waals surface area contributed by atoms with Crippen molar-refractivity contribution in [1.82, 2.24) is 14.5 Å². The van der Waals surface area contributed by atoms with Gasteiger partial charge in [0, 0.05) is 44.5 Å². The van der Waals surface area contributed by atoms with Gasteiger partial charge in [-0.05, 0) is 77.9 Å². The van der Waals surface area contributed by atoms with Crippen LogP contribution in [0, 0.1) is 0 Å². The summed E-state index contributed by atoms with van der Waals surface area (Å²) in [4.78, 5) is 12.8. The molecule has 8 aromatic carbocycles. The van der Waals surface area contributed by atoms with Crippen molar-refractivity contribution >= 4 is 44.6 Å². The molecule has 10 aromatic rings. The van der Waals surface area contributed by atoms with Gasteiger partial charge in [0.1, 0.15) is 5.75 Å². The Morgan fingerprint density at radius 1 is 0.441 bits per heavy atom. The zero-order chi connectivity index (χ0) is 39.1. The smallest absolute Gasteiger partial charge is 0.235 e. The summed E-state index contributed by atoms with van der Waals surface area (Å²) in [6.07, 6.45) is -0.292. The first-order valence-corrected chi connectivity index (χ1v) is 19.8. The van der Waals surface area contributed by atoms with E-state index >= 15 is 0 Å². The van der Waals surface area contributed by atoms with E-state index in [1.165, 1.54) is 0 Å². The van der Waals surface area contributed by atoms with E-state index in [0.717, 1.165) is 89.5 Å². The van der Waals surface area contributed by atoms with Crippen molar-refractivity contribution in [3.05, 3.63) is 218 Å². The number of rotatable bonds is 8. The van der Waals surface area contributed by atoms with Crippen LogP contribution in [0.3, 0.4) is 0 Å². The van der Waals surface area contributed by atoms with Crippen molar-refractivity contribution in [2.75, 3.05) is 10.2 Å². The number of aromatic nitrogens is 3. The highest BCUT2D eigenvalue weighted by Crippen LogP contribution is 2.45. The largest absolute Gasteiger partial charge is 0.464 e. The standard InChI is InChI=1S/C53H37N5O/c1-6-16-37(17-7-1)46-34-47(38-18-8-2-9-19-38)56-53(55-46)58-49-31-28-40(32-44(49)45-33-51-48(35-50(45)58)54-52(59-51)39-20-10-3-11-21-39)36-26-29-43(30-27-36)57(41-22-12-4-13-23-41)42-24-14-5-15-25-42/h1-35,52,54H. The molecular formula is C53H37N5O. The summed E-state index contributed by atoms with van der Waals surface area (Å²) >= 11 is 0. The number of ether oxygens (including phenoxy) is 1. The second-order valence-corrected chi connectivity index (χ2v) is 14.7. The summed E-state index contributed by atoms with van der Waals surface area (Å²) in [5, 5.41) is 5.78. The van der Waals surface area contributed by atoms with Gasteiger partial charge in [-0.1, -0.05) is 146 Å². The summed E-state index contributed by atoms with van der Waals surface area (Å²) in [7, 11) is 0. The molecule has 0 aliphatic carbocycles. The SMILES string of the molecule is c1ccc(-c2cc(-c3ccccc3)nc(-n3c4ccc(-c5ccc(N(c6ccccc6)c6ccccc6)cc5)cc4c4cc5c(cc43)NC(c3ccccc3)O5)n2)cc1. The third kappa shape index (κ3) is 6.33. The van der Waals surface area contributed by atoms with Crippen molar-refractivity contribution in [3.8, 4) is 45.3 Å². The minimum Gasteiger partial charge on any atom is -0.464 e. The first-order valence-electron chi connectivity index (χ1n) is 19.8. The summed E-state index contributed by atoms with van der Waals surface area (Å²) in [5.41, 5.74) is 13.3. The van der Waals surface area contributed by atoms with Gasteiger partial charge in [-0.3, -0.25) is 4.57 Å². The number of hydrogen-bond donors (Lipinski definition) is 1. The summed E-state index contributed by atoms with van der Waals surface area (Å²) in [6, 6.07) is 73.9. The Morgan fingerprint density at radius 2 is 0.949 bits per heavy atom. The van der Waals surface area contributed by atoms with Gasteiger partial charge in [-0.15, -0.1) is 0 Å². The molecule has 2 aromatic heterocycles. The molecule has 6 nitrogen and oxygen atoms in total. The van der Waals surface area contributed by atoms with Crippen LogP contribution in [0.1, 0.15) is 11.8 Å². The van der Waals surface area contributed by atoms with Crippen molar-refractivity contribution < 1.29 is 4.74 Å². The predicted octanol–water partition coefficient (Wildman–Crippen LogP) is 13.5. The van der Waals surface area contributed by atoms with E-state index in [1.54, 1.807) is 0 Å². The monoisotopic (exact) mass is 759 g/mol. The molecular weight excluding hydrogens is 723 g/mol. The summed E-state index contributed by atoms with van der Waals surface area (Å²) < 4.78 is 8.79. The van der Waals surface area contributed by atoms with Gasteiger partial charge in [0.2, 0.25) is 5.95 Å². The Kier molecular flexibility index (Phi) is 8.44. The van der Waals surface area contributed by atoms with Crippen LogP contribution >= 0.6 is 0 Å². The van der Waals surface area contributed by atoms with E-state index in [2.05, 4.69) is 173 Å². The second-order valence-electron chi connectivity index (χ2n) is 14.7. The average molecular weight is 760 g/mol. The lowest BCUT2D eigenvalue weighted by Gasteiger charge is -2.25. The Balaban J connectivity index is 1.08. The van der Waals surface area contributed by atoms with Crippen LogP contribution in [0.4, 0.5) is 22.7 Å². The van der Waals surface area contributed by atoms with E-state index in [-0.39, 0.29) is 6.23 Å². The van der Waals surface area contributed by atoms with Crippen LogP contribution in [-0.4, -0.2) is 14.5 Å². The van der Waals surface area contributed by atoms with Crippen LogP contribution in [0.15, 0.2) is 212 Å². The number of para-hydroxylation sites is 2. The van der Waals surface area contributed by atoms with Crippen LogP contribution in [-0.2, 0) is 0 Å². The number of fused-ring (bicyclic) bond motifs is 4. The molecule has 3 heterocycles. The third-order valence-corrected chi connectivity index (χ3v) is 11.0. The maximum absolute atomic E-state index is 6.59. The van der Waals surface area contributed by atoms with Gasteiger partial charge in [-0.25, -0.2) is 9.97 Å². The molecule has 11 rings (SSSR count). The minimum atomic E-state index is -0.292. The Hall–Kier alpha value is -7.96. The fraction of sp³-hybridized carbons (Fsp3) is 0.0189. The Labute approximate surface area is 342 Å². The highest BCUT2D eigenvalue weighted by Gasteiger charge is 2.27. The molecule has 1 N–H and O–H groups in total. The first-order chi connectivity index (χ1) is 29.2. The molecule has 59 heavy (non-hydrogen) atoms. The second kappa shape index (κ2) is 14.5. The quantitative estimate of drug-likeness (QED) is 0.167. The molecule has 1 aliphatic rings. The van der Waals surface area contributed by atoms with E-state index in [0.29, 0.717) is 5.95 Å². The number of anilines is 4.